The molecule has 1 heterocycles. The molecule has 5 heteroatoms. The first kappa shape index (κ1) is 24.1. The number of rotatable bonds is 10. The van der Waals surface area contributed by atoms with Crippen LogP contribution in [0.1, 0.15) is 55.8 Å². The number of para-hydroxylation sites is 1. The van der Waals surface area contributed by atoms with Gasteiger partial charge in [-0.1, -0.05) is 80.1 Å². The Hall–Kier alpha value is -1.19. The molecule has 158 valence electrons. The summed E-state index contributed by atoms with van der Waals surface area (Å²) in [6.07, 6.45) is 6.55. The molecule has 0 bridgehead atoms. The van der Waals surface area contributed by atoms with Gasteiger partial charge < -0.3 is 9.88 Å². The van der Waals surface area contributed by atoms with E-state index in [0.29, 0.717) is 5.02 Å². The summed E-state index contributed by atoms with van der Waals surface area (Å²) in [6, 6.07) is 14.4. The lowest BCUT2D eigenvalue weighted by molar-refractivity contribution is 0.583. The molecule has 1 N–H and O–H groups in total. The molecule has 0 aliphatic carbocycles. The van der Waals surface area contributed by atoms with E-state index in [1.807, 2.05) is 18.2 Å². The maximum Gasteiger partial charge on any atom is 0.0493 e. The van der Waals surface area contributed by atoms with E-state index in [4.69, 9.17) is 23.2 Å². The Balaban J connectivity index is 0.00000300. The molecular formula is C24H31Cl3N2. The topological polar surface area (TPSA) is 17.0 Å². The SMILES string of the molecule is CCCCCCCNCc1c(C)n(Cc2ccc(Cl)cc2Cl)c2ccccc12.Cl. The number of nitrogens with one attached hydrogen (secondary N) is 1. The Morgan fingerprint density at radius 2 is 1.72 bits per heavy atom. The predicted molar refractivity (Wildman–Crippen MR) is 130 cm³/mol. The van der Waals surface area contributed by atoms with Crippen molar-refractivity contribution < 1.29 is 0 Å². The molecule has 0 radical (unpaired) electrons. The molecule has 0 saturated heterocycles. The number of halogens is 3. The quantitative estimate of drug-likeness (QED) is 0.310. The fourth-order valence-corrected chi connectivity index (χ4v) is 4.29. The molecule has 1 aromatic heterocycles. The average molecular weight is 454 g/mol. The standard InChI is InChI=1S/C24H30Cl2N2.ClH/c1-3-4-5-6-9-14-27-16-22-18(2)28(24-11-8-7-10-21(22)24)17-19-12-13-20(25)15-23(19)26;/h7-8,10-13,15,27H,3-6,9,14,16-17H2,1-2H3;1H. The Morgan fingerprint density at radius 3 is 2.48 bits per heavy atom. The van der Waals surface area contributed by atoms with Crippen molar-refractivity contribution in [3.8, 4) is 0 Å². The second kappa shape index (κ2) is 11.9. The fraction of sp³-hybridized carbons (Fsp3) is 0.417. The Morgan fingerprint density at radius 1 is 0.966 bits per heavy atom. The molecule has 0 aliphatic rings. The minimum Gasteiger partial charge on any atom is -0.340 e. The van der Waals surface area contributed by atoms with Crippen molar-refractivity contribution in [3.63, 3.8) is 0 Å². The highest BCUT2D eigenvalue weighted by Crippen LogP contribution is 2.29. The van der Waals surface area contributed by atoms with Gasteiger partial charge in [-0.2, -0.15) is 0 Å². The summed E-state index contributed by atoms with van der Waals surface area (Å²) in [5.41, 5.74) is 5.02. The number of nitrogens with zero attached hydrogens (tertiary/aromatic N) is 1. The van der Waals surface area contributed by atoms with Crippen LogP contribution >= 0.6 is 35.6 Å². The van der Waals surface area contributed by atoms with Crippen LogP contribution in [0.3, 0.4) is 0 Å². The molecule has 0 spiro atoms. The highest BCUT2D eigenvalue weighted by atomic mass is 35.5. The number of aromatic nitrogens is 1. The predicted octanol–water partition coefficient (Wildman–Crippen LogP) is 7.79. The summed E-state index contributed by atoms with van der Waals surface area (Å²) < 4.78 is 2.36. The van der Waals surface area contributed by atoms with Crippen LogP contribution in [0.5, 0.6) is 0 Å². The third kappa shape index (κ3) is 6.15. The molecule has 3 aromatic rings. The van der Waals surface area contributed by atoms with Crippen LogP contribution in [-0.4, -0.2) is 11.1 Å². The molecule has 29 heavy (non-hydrogen) atoms. The van der Waals surface area contributed by atoms with Crippen LogP contribution in [-0.2, 0) is 13.1 Å². The molecule has 2 aromatic carbocycles. The van der Waals surface area contributed by atoms with Gasteiger partial charge in [-0.15, -0.1) is 12.4 Å². The molecule has 0 saturated carbocycles. The number of hydrogen-bond acceptors (Lipinski definition) is 1. The summed E-state index contributed by atoms with van der Waals surface area (Å²) in [5, 5.41) is 6.37. The molecule has 3 rings (SSSR count). The van der Waals surface area contributed by atoms with Crippen molar-refractivity contribution in [2.75, 3.05) is 6.54 Å². The fourth-order valence-electron chi connectivity index (χ4n) is 3.82. The van der Waals surface area contributed by atoms with Crippen LogP contribution in [0, 0.1) is 6.92 Å². The Bertz CT molecular complexity index is 918. The van der Waals surface area contributed by atoms with Gasteiger partial charge in [0.2, 0.25) is 0 Å². The van der Waals surface area contributed by atoms with Gasteiger partial charge >= 0.3 is 0 Å². The molecule has 0 aliphatic heterocycles. The number of unbranched alkanes of at least 4 members (excludes halogenated alkanes) is 4. The van der Waals surface area contributed by atoms with Crippen molar-refractivity contribution >= 4 is 46.5 Å². The van der Waals surface area contributed by atoms with Crippen molar-refractivity contribution in [2.45, 2.75) is 59.0 Å². The maximum atomic E-state index is 6.43. The van der Waals surface area contributed by atoms with Crippen LogP contribution in [0.25, 0.3) is 10.9 Å². The Labute approximate surface area is 191 Å². The highest BCUT2D eigenvalue weighted by Gasteiger charge is 2.14. The normalized spacial score (nSPS) is 11.0. The summed E-state index contributed by atoms with van der Waals surface area (Å²) in [7, 11) is 0. The van der Waals surface area contributed by atoms with Gasteiger partial charge in [0.05, 0.1) is 0 Å². The number of hydrogen-bond donors (Lipinski definition) is 1. The van der Waals surface area contributed by atoms with E-state index in [0.717, 1.165) is 30.2 Å². The molecule has 0 atom stereocenters. The van der Waals surface area contributed by atoms with Gasteiger partial charge in [0.15, 0.2) is 0 Å². The van der Waals surface area contributed by atoms with E-state index in [2.05, 4.69) is 48.0 Å². The van der Waals surface area contributed by atoms with E-state index >= 15 is 0 Å². The minimum atomic E-state index is 0. The molecule has 0 unspecified atom stereocenters. The smallest absolute Gasteiger partial charge is 0.0493 e. The van der Waals surface area contributed by atoms with Crippen molar-refractivity contribution in [1.82, 2.24) is 9.88 Å². The van der Waals surface area contributed by atoms with Gasteiger partial charge in [-0.25, -0.2) is 0 Å². The zero-order chi connectivity index (χ0) is 19.9. The van der Waals surface area contributed by atoms with E-state index < -0.39 is 0 Å². The lowest BCUT2D eigenvalue weighted by Gasteiger charge is -2.11. The first-order chi connectivity index (χ1) is 13.6. The third-order valence-corrected chi connectivity index (χ3v) is 6.05. The van der Waals surface area contributed by atoms with Crippen LogP contribution < -0.4 is 5.32 Å². The van der Waals surface area contributed by atoms with Gasteiger partial charge in [0, 0.05) is 39.7 Å². The minimum absolute atomic E-state index is 0. The molecular weight excluding hydrogens is 423 g/mol. The Kier molecular flexibility index (Phi) is 9.85. The van der Waals surface area contributed by atoms with Crippen molar-refractivity contribution in [2.24, 2.45) is 0 Å². The van der Waals surface area contributed by atoms with Crippen LogP contribution in [0.4, 0.5) is 0 Å². The average Bonchev–Trinajstić information content (AvgIpc) is 2.95. The van der Waals surface area contributed by atoms with Crippen molar-refractivity contribution in [3.05, 3.63) is 69.3 Å². The lowest BCUT2D eigenvalue weighted by Crippen LogP contribution is -2.15. The van der Waals surface area contributed by atoms with E-state index in [1.54, 1.807) is 0 Å². The third-order valence-electron chi connectivity index (χ3n) is 5.46. The van der Waals surface area contributed by atoms with Crippen LogP contribution in [0.2, 0.25) is 10.0 Å². The van der Waals surface area contributed by atoms with Crippen molar-refractivity contribution in [1.29, 1.82) is 0 Å². The second-order valence-electron chi connectivity index (χ2n) is 7.49. The summed E-state index contributed by atoms with van der Waals surface area (Å²) in [4.78, 5) is 0. The van der Waals surface area contributed by atoms with E-state index in [-0.39, 0.29) is 12.4 Å². The van der Waals surface area contributed by atoms with Crippen LogP contribution in [0.15, 0.2) is 42.5 Å². The van der Waals surface area contributed by atoms with E-state index in [1.165, 1.54) is 54.3 Å². The summed E-state index contributed by atoms with van der Waals surface area (Å²) >= 11 is 12.5. The zero-order valence-electron chi connectivity index (χ0n) is 17.3. The van der Waals surface area contributed by atoms with Gasteiger partial charge in [0.25, 0.3) is 0 Å². The molecule has 0 fully saturated rings. The van der Waals surface area contributed by atoms with Gasteiger partial charge in [-0.05, 0) is 49.2 Å². The number of benzene rings is 2. The van der Waals surface area contributed by atoms with Gasteiger partial charge in [-0.3, -0.25) is 0 Å². The van der Waals surface area contributed by atoms with E-state index in [9.17, 15) is 0 Å². The summed E-state index contributed by atoms with van der Waals surface area (Å²) in [6.45, 7) is 7.20. The lowest BCUT2D eigenvalue weighted by atomic mass is 10.1. The second-order valence-corrected chi connectivity index (χ2v) is 8.34. The zero-order valence-corrected chi connectivity index (χ0v) is 19.6. The van der Waals surface area contributed by atoms with Gasteiger partial charge in [0.1, 0.15) is 0 Å². The highest BCUT2D eigenvalue weighted by molar-refractivity contribution is 6.35. The number of fused-ring (bicyclic) bond motifs is 1. The maximum absolute atomic E-state index is 6.43. The first-order valence-corrected chi connectivity index (χ1v) is 11.1. The largest absolute Gasteiger partial charge is 0.340 e. The monoisotopic (exact) mass is 452 g/mol. The first-order valence-electron chi connectivity index (χ1n) is 10.3. The molecule has 0 amide bonds. The summed E-state index contributed by atoms with van der Waals surface area (Å²) in [5.74, 6) is 0. The molecule has 2 nitrogen and oxygen atoms in total.